The van der Waals surface area contributed by atoms with Gasteiger partial charge in [-0.15, -0.1) is 5.92 Å². The van der Waals surface area contributed by atoms with E-state index in [1.165, 1.54) is 30.2 Å². The Morgan fingerprint density at radius 3 is 2.58 bits per heavy atom. The quantitative estimate of drug-likeness (QED) is 0.509. The minimum Gasteiger partial charge on any atom is -0.377 e. The fraction of sp³-hybridized carbons (Fsp3) is 0.552. The summed E-state index contributed by atoms with van der Waals surface area (Å²) in [6.45, 7) is 5.58. The van der Waals surface area contributed by atoms with Crippen LogP contribution in [-0.4, -0.2) is 16.5 Å². The maximum atomic E-state index is 14.7. The summed E-state index contributed by atoms with van der Waals surface area (Å²) in [6.07, 6.45) is 7.55. The largest absolute Gasteiger partial charge is 0.377 e. The van der Waals surface area contributed by atoms with E-state index in [2.05, 4.69) is 18.8 Å². The van der Waals surface area contributed by atoms with E-state index >= 15 is 0 Å². The number of hydrogen-bond acceptors (Lipinski definition) is 2. The Morgan fingerprint density at radius 1 is 1.15 bits per heavy atom. The Balaban J connectivity index is 1.71. The molecule has 33 heavy (non-hydrogen) atoms. The molecule has 4 aliphatic carbocycles. The Bertz CT molecular complexity index is 1130. The molecule has 1 aromatic carbocycles. The lowest BCUT2D eigenvalue weighted by atomic mass is 9.51. The third kappa shape index (κ3) is 3.35. The Morgan fingerprint density at radius 2 is 1.88 bits per heavy atom. The molecule has 2 saturated carbocycles. The molecule has 0 unspecified atom stereocenters. The van der Waals surface area contributed by atoms with Gasteiger partial charge in [-0.3, -0.25) is 4.79 Å². The molecule has 5 atom stereocenters. The number of rotatable bonds is 1. The van der Waals surface area contributed by atoms with Gasteiger partial charge in [0.1, 0.15) is 17.2 Å². The van der Waals surface area contributed by atoms with Crippen molar-refractivity contribution in [3.8, 4) is 11.8 Å². The van der Waals surface area contributed by atoms with Crippen molar-refractivity contribution in [1.29, 1.82) is 0 Å². The minimum atomic E-state index is -1.09. The number of allylic oxidation sites excluding steroid dienone is 4. The number of halogens is 2. The summed E-state index contributed by atoms with van der Waals surface area (Å²) in [5, 5.41) is 11.8. The molecule has 4 aliphatic rings. The third-order valence-corrected chi connectivity index (χ3v) is 9.06. The van der Waals surface area contributed by atoms with Crippen LogP contribution in [0.1, 0.15) is 82.3 Å². The first-order valence-electron chi connectivity index (χ1n) is 12.3. The van der Waals surface area contributed by atoms with Crippen LogP contribution in [0.5, 0.6) is 0 Å². The van der Waals surface area contributed by atoms with Gasteiger partial charge in [0, 0.05) is 29.7 Å². The molecule has 5 rings (SSSR count). The van der Waals surface area contributed by atoms with Gasteiger partial charge in [-0.25, -0.2) is 8.78 Å². The van der Waals surface area contributed by atoms with Gasteiger partial charge in [-0.05, 0) is 92.2 Å². The van der Waals surface area contributed by atoms with E-state index < -0.39 is 22.7 Å². The second kappa shape index (κ2) is 7.91. The average molecular weight is 451 g/mol. The standard InChI is InChI=1S/C29H32F2O2/c1-4-5-11-29(33)12-10-24-22-8-6-18-13-20(32)7-9-21(18)27(22)23(16-28(24,29)3)19-14-25(30)17(2)26(31)15-19/h13-15,22-24,33H,4,6-10,12,16H2,1-3H3/t22-,23+,24-,28-,29-/m0/s1. The van der Waals surface area contributed by atoms with Gasteiger partial charge in [0.25, 0.3) is 0 Å². The van der Waals surface area contributed by atoms with Gasteiger partial charge < -0.3 is 5.11 Å². The molecule has 0 aromatic heterocycles. The van der Waals surface area contributed by atoms with Crippen molar-refractivity contribution in [2.45, 2.75) is 83.7 Å². The Hall–Kier alpha value is -2.25. The first-order valence-corrected chi connectivity index (χ1v) is 12.3. The first-order chi connectivity index (χ1) is 15.7. The fourth-order valence-electron chi connectivity index (χ4n) is 7.27. The molecule has 1 aromatic rings. The molecule has 0 heterocycles. The maximum Gasteiger partial charge on any atom is 0.156 e. The first kappa shape index (κ1) is 22.5. The smallest absolute Gasteiger partial charge is 0.156 e. The maximum absolute atomic E-state index is 14.7. The summed E-state index contributed by atoms with van der Waals surface area (Å²) in [7, 11) is 0. The monoisotopic (exact) mass is 450 g/mol. The molecule has 174 valence electrons. The molecule has 2 nitrogen and oxygen atoms in total. The summed E-state index contributed by atoms with van der Waals surface area (Å²) in [6, 6.07) is 2.96. The normalized spacial score (nSPS) is 35.3. The van der Waals surface area contributed by atoms with E-state index in [1.807, 2.05) is 6.92 Å². The van der Waals surface area contributed by atoms with Crippen molar-refractivity contribution in [3.05, 3.63) is 57.7 Å². The van der Waals surface area contributed by atoms with Crippen LogP contribution < -0.4 is 0 Å². The summed E-state index contributed by atoms with van der Waals surface area (Å²) in [5.74, 6) is 5.73. The molecule has 1 N–H and O–H groups in total. The van der Waals surface area contributed by atoms with Crippen LogP contribution in [0, 0.1) is 47.6 Å². The number of benzene rings is 1. The van der Waals surface area contributed by atoms with Gasteiger partial charge in [-0.2, -0.15) is 0 Å². The molecule has 0 radical (unpaired) electrons. The van der Waals surface area contributed by atoms with Crippen molar-refractivity contribution < 1.29 is 18.7 Å². The van der Waals surface area contributed by atoms with Gasteiger partial charge in [-0.1, -0.05) is 25.3 Å². The SMILES string of the molecule is CCC#C[C@]1(O)CC[C@H]2[C@@H]3CCC4=CC(=O)CCC4=C3[C@@H](c3cc(F)c(C)c(F)c3)C[C@@]21C. The van der Waals surface area contributed by atoms with Crippen LogP contribution in [-0.2, 0) is 4.79 Å². The van der Waals surface area contributed by atoms with E-state index in [-0.39, 0.29) is 29.1 Å². The molecule has 4 heteroatoms. The molecule has 0 spiro atoms. The van der Waals surface area contributed by atoms with E-state index in [4.69, 9.17) is 0 Å². The number of carbonyl (C=O) groups excluding carboxylic acids is 1. The molecule has 0 amide bonds. The molecular weight excluding hydrogens is 418 g/mol. The number of carbonyl (C=O) groups is 1. The van der Waals surface area contributed by atoms with Crippen molar-refractivity contribution in [2.75, 3.05) is 0 Å². The van der Waals surface area contributed by atoms with Crippen LogP contribution in [0.2, 0.25) is 0 Å². The van der Waals surface area contributed by atoms with Crippen LogP contribution in [0.25, 0.3) is 0 Å². The van der Waals surface area contributed by atoms with E-state index in [9.17, 15) is 18.7 Å². The third-order valence-electron chi connectivity index (χ3n) is 9.06. The molecule has 0 bridgehead atoms. The van der Waals surface area contributed by atoms with Crippen LogP contribution in [0.3, 0.4) is 0 Å². The van der Waals surface area contributed by atoms with Crippen molar-refractivity contribution in [2.24, 2.45) is 17.3 Å². The average Bonchev–Trinajstić information content (AvgIpc) is 3.05. The van der Waals surface area contributed by atoms with Gasteiger partial charge in [0.15, 0.2) is 5.78 Å². The van der Waals surface area contributed by atoms with Crippen LogP contribution in [0.15, 0.2) is 34.9 Å². The highest BCUT2D eigenvalue weighted by Gasteiger charge is 2.62. The zero-order chi connectivity index (χ0) is 23.5. The van der Waals surface area contributed by atoms with Crippen LogP contribution >= 0.6 is 0 Å². The highest BCUT2D eigenvalue weighted by atomic mass is 19.1. The van der Waals surface area contributed by atoms with E-state index in [1.54, 1.807) is 6.08 Å². The highest BCUT2D eigenvalue weighted by molar-refractivity contribution is 5.93. The highest BCUT2D eigenvalue weighted by Crippen LogP contribution is 2.66. The Labute approximate surface area is 195 Å². The van der Waals surface area contributed by atoms with Gasteiger partial charge in [0.2, 0.25) is 0 Å². The number of aliphatic hydroxyl groups is 1. The predicted octanol–water partition coefficient (Wildman–Crippen LogP) is 6.32. The summed E-state index contributed by atoms with van der Waals surface area (Å²) in [4.78, 5) is 12.1. The van der Waals surface area contributed by atoms with Gasteiger partial charge in [0.05, 0.1) is 0 Å². The lowest BCUT2D eigenvalue weighted by Gasteiger charge is -2.53. The topological polar surface area (TPSA) is 37.3 Å². The Kier molecular flexibility index (Phi) is 5.40. The van der Waals surface area contributed by atoms with Crippen molar-refractivity contribution >= 4 is 5.78 Å². The van der Waals surface area contributed by atoms with Crippen LogP contribution in [0.4, 0.5) is 8.78 Å². The van der Waals surface area contributed by atoms with E-state index in [0.29, 0.717) is 37.7 Å². The lowest BCUT2D eigenvalue weighted by molar-refractivity contribution is -0.114. The fourth-order valence-corrected chi connectivity index (χ4v) is 7.27. The second-order valence-electron chi connectivity index (χ2n) is 10.7. The zero-order valence-corrected chi connectivity index (χ0v) is 19.7. The molecule has 0 saturated heterocycles. The molecular formula is C29H32F2O2. The predicted molar refractivity (Wildman–Crippen MR) is 124 cm³/mol. The molecule has 0 aliphatic heterocycles. The zero-order valence-electron chi connectivity index (χ0n) is 19.7. The number of hydrogen-bond donors (Lipinski definition) is 1. The number of ketones is 1. The lowest BCUT2D eigenvalue weighted by Crippen LogP contribution is -2.51. The minimum absolute atomic E-state index is 0.0338. The second-order valence-corrected chi connectivity index (χ2v) is 10.7. The van der Waals surface area contributed by atoms with Crippen molar-refractivity contribution in [3.63, 3.8) is 0 Å². The molecule has 2 fully saturated rings. The van der Waals surface area contributed by atoms with Gasteiger partial charge >= 0.3 is 0 Å². The van der Waals surface area contributed by atoms with E-state index in [0.717, 1.165) is 24.8 Å². The van der Waals surface area contributed by atoms with Crippen molar-refractivity contribution in [1.82, 2.24) is 0 Å². The summed E-state index contributed by atoms with van der Waals surface area (Å²) < 4.78 is 29.4. The summed E-state index contributed by atoms with van der Waals surface area (Å²) in [5.41, 5.74) is 2.72. The summed E-state index contributed by atoms with van der Waals surface area (Å²) >= 11 is 0. The number of fused-ring (bicyclic) bond motifs is 4.